The molecule has 1 aromatic rings. The summed E-state index contributed by atoms with van der Waals surface area (Å²) in [5.41, 5.74) is 4.75. The van der Waals surface area contributed by atoms with E-state index in [0.717, 1.165) is 19.5 Å². The van der Waals surface area contributed by atoms with Crippen LogP contribution in [0.5, 0.6) is 0 Å². The average Bonchev–Trinajstić information content (AvgIpc) is 2.90. The maximum Gasteiger partial charge on any atom is 0.305 e. The largest absolute Gasteiger partial charge is 0.459 e. The molecule has 0 aromatic carbocycles. The molecule has 0 saturated carbocycles. The van der Waals surface area contributed by atoms with Gasteiger partial charge < -0.3 is 9.32 Å². The second kappa shape index (κ2) is 6.38. The van der Waals surface area contributed by atoms with Gasteiger partial charge >= 0.3 is 5.91 Å². The molecule has 0 bridgehead atoms. The highest BCUT2D eigenvalue weighted by molar-refractivity contribution is 5.92. The second-order valence-electron chi connectivity index (χ2n) is 5.11. The van der Waals surface area contributed by atoms with Crippen molar-refractivity contribution in [2.75, 3.05) is 19.6 Å². The first-order chi connectivity index (χ1) is 9.15. The quantitative estimate of drug-likeness (QED) is 0.637. The molecular formula is C13H20N3O3+. The number of carbonyl (C=O) groups excluding carboxylic acids is 2. The minimum Gasteiger partial charge on any atom is -0.459 e. The van der Waals surface area contributed by atoms with Gasteiger partial charge in [0.1, 0.15) is 0 Å². The predicted molar refractivity (Wildman–Crippen MR) is 68.3 cm³/mol. The van der Waals surface area contributed by atoms with E-state index in [1.54, 1.807) is 12.1 Å². The fraction of sp³-hybridized carbons (Fsp3) is 0.538. The highest BCUT2D eigenvalue weighted by Crippen LogP contribution is 2.04. The summed E-state index contributed by atoms with van der Waals surface area (Å²) in [6.07, 6.45) is 3.80. The van der Waals surface area contributed by atoms with E-state index in [9.17, 15) is 9.59 Å². The number of piperidine rings is 1. The molecular weight excluding hydrogens is 246 g/mol. The third kappa shape index (κ3) is 4.10. The Morgan fingerprint density at radius 2 is 2.32 bits per heavy atom. The van der Waals surface area contributed by atoms with E-state index in [0.29, 0.717) is 12.5 Å². The first-order valence-electron chi connectivity index (χ1n) is 6.61. The Morgan fingerprint density at radius 3 is 3.00 bits per heavy atom. The molecule has 2 heterocycles. The van der Waals surface area contributed by atoms with Crippen molar-refractivity contribution in [2.45, 2.75) is 19.8 Å². The van der Waals surface area contributed by atoms with Crippen molar-refractivity contribution in [3.63, 3.8) is 0 Å². The summed E-state index contributed by atoms with van der Waals surface area (Å²) < 4.78 is 4.92. The minimum absolute atomic E-state index is 0.177. The van der Waals surface area contributed by atoms with Crippen LogP contribution in [0.1, 0.15) is 30.3 Å². The van der Waals surface area contributed by atoms with Gasteiger partial charge in [-0.25, -0.2) is 0 Å². The number of hydrazine groups is 1. The topological polar surface area (TPSA) is 75.8 Å². The third-order valence-corrected chi connectivity index (χ3v) is 3.34. The van der Waals surface area contributed by atoms with Crippen LogP contribution in [0.2, 0.25) is 0 Å². The van der Waals surface area contributed by atoms with Crippen molar-refractivity contribution >= 4 is 11.8 Å². The monoisotopic (exact) mass is 266 g/mol. The molecule has 6 heteroatoms. The third-order valence-electron chi connectivity index (χ3n) is 3.34. The van der Waals surface area contributed by atoms with Crippen molar-refractivity contribution in [1.29, 1.82) is 0 Å². The van der Waals surface area contributed by atoms with Gasteiger partial charge in [0.15, 0.2) is 12.3 Å². The number of rotatable bonds is 3. The summed E-state index contributed by atoms with van der Waals surface area (Å²) >= 11 is 0. The molecule has 0 aliphatic carbocycles. The lowest BCUT2D eigenvalue weighted by atomic mass is 10.0. The van der Waals surface area contributed by atoms with Crippen molar-refractivity contribution in [2.24, 2.45) is 5.92 Å². The van der Waals surface area contributed by atoms with Crippen molar-refractivity contribution < 1.29 is 18.9 Å². The second-order valence-corrected chi connectivity index (χ2v) is 5.11. The van der Waals surface area contributed by atoms with Gasteiger partial charge in [-0.1, -0.05) is 6.92 Å². The number of quaternary nitrogens is 1. The van der Waals surface area contributed by atoms with Gasteiger partial charge in [0.25, 0.3) is 5.91 Å². The Morgan fingerprint density at radius 1 is 1.47 bits per heavy atom. The van der Waals surface area contributed by atoms with Gasteiger partial charge in [0.2, 0.25) is 0 Å². The number of carbonyl (C=O) groups is 2. The number of amides is 2. The van der Waals surface area contributed by atoms with Crippen LogP contribution in [0.4, 0.5) is 0 Å². The van der Waals surface area contributed by atoms with Gasteiger partial charge in [-0.05, 0) is 25.0 Å². The summed E-state index contributed by atoms with van der Waals surface area (Å²) in [6.45, 7) is 4.63. The highest BCUT2D eigenvalue weighted by Gasteiger charge is 2.22. The predicted octanol–water partition coefficient (Wildman–Crippen LogP) is -0.645. The molecule has 1 aromatic heterocycles. The molecule has 1 saturated heterocycles. The van der Waals surface area contributed by atoms with Crippen molar-refractivity contribution in [3.05, 3.63) is 24.2 Å². The van der Waals surface area contributed by atoms with E-state index in [-0.39, 0.29) is 11.7 Å². The Balaban J connectivity index is 1.71. The van der Waals surface area contributed by atoms with Crippen molar-refractivity contribution in [1.82, 2.24) is 10.9 Å². The Hall–Kier alpha value is -1.82. The lowest BCUT2D eigenvalue weighted by Crippen LogP contribution is -3.14. The molecule has 1 aliphatic rings. The van der Waals surface area contributed by atoms with E-state index < -0.39 is 5.91 Å². The van der Waals surface area contributed by atoms with Gasteiger partial charge in [-0.15, -0.1) is 0 Å². The average molecular weight is 266 g/mol. The maximum atomic E-state index is 11.7. The zero-order chi connectivity index (χ0) is 13.7. The van der Waals surface area contributed by atoms with E-state index in [2.05, 4.69) is 17.8 Å². The first kappa shape index (κ1) is 13.6. The van der Waals surface area contributed by atoms with E-state index in [1.165, 1.54) is 17.6 Å². The van der Waals surface area contributed by atoms with E-state index in [1.807, 2.05) is 0 Å². The van der Waals surface area contributed by atoms with Crippen LogP contribution in [0.15, 0.2) is 22.8 Å². The number of hydrogen-bond acceptors (Lipinski definition) is 3. The zero-order valence-electron chi connectivity index (χ0n) is 11.1. The van der Waals surface area contributed by atoms with Gasteiger partial charge in [-0.2, -0.15) is 0 Å². The van der Waals surface area contributed by atoms with E-state index in [4.69, 9.17) is 4.42 Å². The minimum atomic E-state index is -0.444. The Bertz CT molecular complexity index is 430. The summed E-state index contributed by atoms with van der Waals surface area (Å²) in [5, 5.41) is 0. The molecule has 2 rings (SSSR count). The SMILES string of the molecule is C[C@H]1CCC[NH+](CC(=O)NNC(=O)c2ccco2)C1. The van der Waals surface area contributed by atoms with Gasteiger partial charge in [0.05, 0.1) is 19.4 Å². The lowest BCUT2D eigenvalue weighted by molar-refractivity contribution is -0.900. The Kier molecular flexibility index (Phi) is 4.57. The summed E-state index contributed by atoms with van der Waals surface area (Å²) in [6, 6.07) is 3.16. The summed E-state index contributed by atoms with van der Waals surface area (Å²) in [7, 11) is 0. The Labute approximate surface area is 112 Å². The molecule has 0 spiro atoms. The fourth-order valence-electron chi connectivity index (χ4n) is 2.43. The molecule has 19 heavy (non-hydrogen) atoms. The van der Waals surface area contributed by atoms with Crippen LogP contribution >= 0.6 is 0 Å². The van der Waals surface area contributed by atoms with Crippen molar-refractivity contribution in [3.8, 4) is 0 Å². The smallest absolute Gasteiger partial charge is 0.305 e. The summed E-state index contributed by atoms with van der Waals surface area (Å²) in [5.74, 6) is 0.220. The van der Waals surface area contributed by atoms with Crippen LogP contribution in [0, 0.1) is 5.92 Å². The molecule has 104 valence electrons. The van der Waals surface area contributed by atoms with Crippen LogP contribution in [0.3, 0.4) is 0 Å². The molecule has 6 nitrogen and oxygen atoms in total. The number of hydrogen-bond donors (Lipinski definition) is 3. The molecule has 2 atom stereocenters. The van der Waals surface area contributed by atoms with Crippen LogP contribution in [-0.2, 0) is 4.79 Å². The molecule has 1 aliphatic heterocycles. The lowest BCUT2D eigenvalue weighted by Gasteiger charge is -2.27. The van der Waals surface area contributed by atoms with Gasteiger partial charge in [-0.3, -0.25) is 20.4 Å². The first-order valence-corrected chi connectivity index (χ1v) is 6.61. The van der Waals surface area contributed by atoms with Gasteiger partial charge in [0, 0.05) is 5.92 Å². The van der Waals surface area contributed by atoms with Crippen LogP contribution in [-0.4, -0.2) is 31.4 Å². The fourth-order valence-corrected chi connectivity index (χ4v) is 2.43. The van der Waals surface area contributed by atoms with Crippen LogP contribution in [0.25, 0.3) is 0 Å². The highest BCUT2D eigenvalue weighted by atomic mass is 16.3. The molecule has 1 fully saturated rings. The van der Waals surface area contributed by atoms with E-state index >= 15 is 0 Å². The maximum absolute atomic E-state index is 11.7. The zero-order valence-corrected chi connectivity index (χ0v) is 11.1. The molecule has 3 N–H and O–H groups in total. The standard InChI is InChI=1S/C13H19N3O3/c1-10-4-2-6-16(8-10)9-12(17)14-15-13(18)11-5-3-7-19-11/h3,5,7,10H,2,4,6,8-9H2,1H3,(H,14,17)(H,15,18)/p+1/t10-/m0/s1. The number of likely N-dealkylation sites (tertiary alicyclic amines) is 1. The summed E-state index contributed by atoms with van der Waals surface area (Å²) in [4.78, 5) is 24.5. The van der Waals surface area contributed by atoms with Crippen LogP contribution < -0.4 is 15.8 Å². The molecule has 1 unspecified atom stereocenters. The molecule has 0 radical (unpaired) electrons. The number of nitrogens with one attached hydrogen (secondary N) is 3. The molecule has 2 amide bonds. The number of furan rings is 1. The normalized spacial score (nSPS) is 22.8.